The molecule has 4 rings (SSSR count). The van der Waals surface area contributed by atoms with Crippen molar-refractivity contribution in [2.24, 2.45) is 11.8 Å². The molecule has 0 aliphatic carbocycles. The summed E-state index contributed by atoms with van der Waals surface area (Å²) in [6.45, 7) is 8.92. The van der Waals surface area contributed by atoms with Crippen molar-refractivity contribution in [1.82, 2.24) is 14.6 Å². The van der Waals surface area contributed by atoms with Gasteiger partial charge in [0.25, 0.3) is 0 Å². The molecule has 0 radical (unpaired) electrons. The first kappa shape index (κ1) is 15.2. The summed E-state index contributed by atoms with van der Waals surface area (Å²) < 4.78 is 2.01. The normalized spacial score (nSPS) is 21.4. The van der Waals surface area contributed by atoms with Gasteiger partial charge in [0.15, 0.2) is 5.65 Å². The first-order valence-electron chi connectivity index (χ1n) is 8.77. The molecular formula is C20H24N4. The van der Waals surface area contributed by atoms with Crippen LogP contribution in [0, 0.1) is 18.8 Å². The third-order valence-corrected chi connectivity index (χ3v) is 4.86. The third-order valence-electron chi connectivity index (χ3n) is 4.86. The number of anilines is 1. The molecule has 0 amide bonds. The molecule has 0 bridgehead atoms. The lowest BCUT2D eigenvalue weighted by atomic mass is 9.92. The number of fused-ring (bicyclic) bond motifs is 1. The zero-order valence-electron chi connectivity index (χ0n) is 14.6. The van der Waals surface area contributed by atoms with Gasteiger partial charge in [-0.1, -0.05) is 44.2 Å². The summed E-state index contributed by atoms with van der Waals surface area (Å²) >= 11 is 0. The number of nitrogens with zero attached hydrogens (tertiary/aromatic N) is 4. The molecule has 24 heavy (non-hydrogen) atoms. The van der Waals surface area contributed by atoms with Crippen LogP contribution in [0.4, 0.5) is 5.82 Å². The maximum atomic E-state index is 4.78. The van der Waals surface area contributed by atoms with Crippen LogP contribution in [-0.4, -0.2) is 27.7 Å². The molecule has 3 heterocycles. The Labute approximate surface area is 143 Å². The zero-order valence-corrected chi connectivity index (χ0v) is 14.6. The number of rotatable bonds is 2. The number of piperidine rings is 1. The van der Waals surface area contributed by atoms with Crippen LogP contribution >= 0.6 is 0 Å². The summed E-state index contributed by atoms with van der Waals surface area (Å²) in [5.74, 6) is 2.58. The topological polar surface area (TPSA) is 33.4 Å². The van der Waals surface area contributed by atoms with Gasteiger partial charge in [-0.05, 0) is 30.7 Å². The second-order valence-corrected chi connectivity index (χ2v) is 7.27. The minimum absolute atomic E-state index is 0.710. The highest BCUT2D eigenvalue weighted by Crippen LogP contribution is 2.30. The first-order chi connectivity index (χ1) is 11.6. The van der Waals surface area contributed by atoms with Crippen molar-refractivity contribution in [2.45, 2.75) is 27.2 Å². The van der Waals surface area contributed by atoms with E-state index >= 15 is 0 Å². The number of hydrogen-bond donors (Lipinski definition) is 0. The van der Waals surface area contributed by atoms with E-state index in [1.165, 1.54) is 6.42 Å². The van der Waals surface area contributed by atoms with Gasteiger partial charge >= 0.3 is 0 Å². The van der Waals surface area contributed by atoms with E-state index in [2.05, 4.69) is 61.1 Å². The van der Waals surface area contributed by atoms with Crippen molar-refractivity contribution < 1.29 is 0 Å². The summed E-state index contributed by atoms with van der Waals surface area (Å²) in [5, 5.41) is 4.67. The Morgan fingerprint density at radius 2 is 1.75 bits per heavy atom. The second-order valence-electron chi connectivity index (χ2n) is 7.27. The fourth-order valence-corrected chi connectivity index (χ4v) is 3.96. The van der Waals surface area contributed by atoms with Gasteiger partial charge in [-0.15, -0.1) is 0 Å². The Morgan fingerprint density at radius 3 is 2.46 bits per heavy atom. The smallest absolute Gasteiger partial charge is 0.165 e. The average molecular weight is 320 g/mol. The molecule has 1 aromatic carbocycles. The Balaban J connectivity index is 1.84. The van der Waals surface area contributed by atoms with Crippen molar-refractivity contribution in [3.8, 4) is 11.1 Å². The average Bonchev–Trinajstić information content (AvgIpc) is 2.97. The fraction of sp³-hybridized carbons (Fsp3) is 0.400. The summed E-state index contributed by atoms with van der Waals surface area (Å²) in [4.78, 5) is 7.25. The van der Waals surface area contributed by atoms with E-state index in [1.807, 2.05) is 16.8 Å². The molecule has 0 saturated carbocycles. The molecule has 0 spiro atoms. The second kappa shape index (κ2) is 5.93. The molecule has 4 nitrogen and oxygen atoms in total. The van der Waals surface area contributed by atoms with E-state index in [9.17, 15) is 0 Å². The van der Waals surface area contributed by atoms with Crippen molar-refractivity contribution in [3.05, 3.63) is 48.3 Å². The summed E-state index contributed by atoms with van der Waals surface area (Å²) in [6.07, 6.45) is 3.25. The summed E-state index contributed by atoms with van der Waals surface area (Å²) in [7, 11) is 0. The highest BCUT2D eigenvalue weighted by molar-refractivity contribution is 5.78. The summed E-state index contributed by atoms with van der Waals surface area (Å²) in [6, 6.07) is 12.6. The van der Waals surface area contributed by atoms with Gasteiger partial charge in [0.2, 0.25) is 0 Å². The van der Waals surface area contributed by atoms with Gasteiger partial charge in [0.1, 0.15) is 5.82 Å². The molecule has 124 valence electrons. The van der Waals surface area contributed by atoms with Crippen LogP contribution in [0.1, 0.15) is 26.0 Å². The van der Waals surface area contributed by atoms with Gasteiger partial charge in [-0.2, -0.15) is 9.61 Å². The largest absolute Gasteiger partial charge is 0.356 e. The predicted molar refractivity (Wildman–Crippen MR) is 98.3 cm³/mol. The fourth-order valence-electron chi connectivity index (χ4n) is 3.96. The van der Waals surface area contributed by atoms with Gasteiger partial charge in [-0.25, -0.2) is 4.98 Å². The number of hydrogen-bond acceptors (Lipinski definition) is 3. The predicted octanol–water partition coefficient (Wildman–Crippen LogP) is 4.19. The van der Waals surface area contributed by atoms with E-state index in [0.29, 0.717) is 11.8 Å². The van der Waals surface area contributed by atoms with Gasteiger partial charge in [-0.3, -0.25) is 0 Å². The van der Waals surface area contributed by atoms with E-state index in [1.54, 1.807) is 0 Å². The standard InChI is InChI=1S/C20H24N4/c1-14-9-15(2)13-23(12-14)19-10-16(3)22-20-18(11-21-24(19)20)17-7-5-4-6-8-17/h4-8,10-11,14-15H,9,12-13H2,1-3H3/t14-,15+. The zero-order chi connectivity index (χ0) is 16.7. The van der Waals surface area contributed by atoms with Crippen molar-refractivity contribution in [3.63, 3.8) is 0 Å². The van der Waals surface area contributed by atoms with Crippen molar-refractivity contribution in [2.75, 3.05) is 18.0 Å². The van der Waals surface area contributed by atoms with Crippen molar-refractivity contribution >= 4 is 11.5 Å². The van der Waals surface area contributed by atoms with Crippen LogP contribution in [0.25, 0.3) is 16.8 Å². The molecule has 1 saturated heterocycles. The Kier molecular flexibility index (Phi) is 3.75. The number of aromatic nitrogens is 3. The van der Waals surface area contributed by atoms with Crippen LogP contribution in [-0.2, 0) is 0 Å². The molecule has 1 aliphatic heterocycles. The minimum atomic E-state index is 0.710. The number of aryl methyl sites for hydroxylation is 1. The van der Waals surface area contributed by atoms with Crippen LogP contribution in [0.2, 0.25) is 0 Å². The van der Waals surface area contributed by atoms with Gasteiger partial charge in [0.05, 0.1) is 6.20 Å². The molecule has 4 heteroatoms. The maximum Gasteiger partial charge on any atom is 0.165 e. The van der Waals surface area contributed by atoms with E-state index < -0.39 is 0 Å². The van der Waals surface area contributed by atoms with Gasteiger partial charge in [0, 0.05) is 30.4 Å². The Bertz CT molecular complexity index is 843. The quantitative estimate of drug-likeness (QED) is 0.710. The van der Waals surface area contributed by atoms with Crippen LogP contribution in [0.5, 0.6) is 0 Å². The van der Waals surface area contributed by atoms with Crippen LogP contribution in [0.3, 0.4) is 0 Å². The Hall–Kier alpha value is -2.36. The SMILES string of the molecule is Cc1cc(N2C[C@H](C)C[C@H](C)C2)n2ncc(-c3ccccc3)c2n1. The third kappa shape index (κ3) is 2.66. The molecule has 3 aromatic rings. The minimum Gasteiger partial charge on any atom is -0.356 e. The molecular weight excluding hydrogens is 296 g/mol. The first-order valence-corrected chi connectivity index (χ1v) is 8.77. The van der Waals surface area contributed by atoms with E-state index in [0.717, 1.165) is 41.4 Å². The van der Waals surface area contributed by atoms with Crippen LogP contribution in [0.15, 0.2) is 42.6 Å². The monoisotopic (exact) mass is 320 g/mol. The van der Waals surface area contributed by atoms with E-state index in [-0.39, 0.29) is 0 Å². The molecule has 2 aromatic heterocycles. The highest BCUT2D eigenvalue weighted by Gasteiger charge is 2.24. The van der Waals surface area contributed by atoms with E-state index in [4.69, 9.17) is 4.98 Å². The highest BCUT2D eigenvalue weighted by atomic mass is 15.3. The maximum absolute atomic E-state index is 4.78. The van der Waals surface area contributed by atoms with Gasteiger partial charge < -0.3 is 4.90 Å². The molecule has 0 N–H and O–H groups in total. The molecule has 0 unspecified atom stereocenters. The lowest BCUT2D eigenvalue weighted by molar-refractivity contribution is 0.354. The summed E-state index contributed by atoms with van der Waals surface area (Å²) in [5.41, 5.74) is 4.25. The van der Waals surface area contributed by atoms with Crippen LogP contribution < -0.4 is 4.90 Å². The number of benzene rings is 1. The lowest BCUT2D eigenvalue weighted by Crippen LogP contribution is -2.39. The Morgan fingerprint density at radius 1 is 1.04 bits per heavy atom. The molecule has 1 aliphatic rings. The molecule has 1 fully saturated rings. The lowest BCUT2D eigenvalue weighted by Gasteiger charge is -2.36. The molecule has 2 atom stereocenters. The van der Waals surface area contributed by atoms with Crippen molar-refractivity contribution in [1.29, 1.82) is 0 Å².